The topological polar surface area (TPSA) is 84.2 Å². The number of carbonyl (C=O) groups excluding carboxylic acids is 2. The van der Waals surface area contributed by atoms with E-state index in [0.29, 0.717) is 25.1 Å². The molecule has 0 spiro atoms. The van der Waals surface area contributed by atoms with Crippen LogP contribution in [0.1, 0.15) is 36.2 Å². The summed E-state index contributed by atoms with van der Waals surface area (Å²) in [6, 6.07) is 6.75. The Morgan fingerprint density at radius 2 is 2.00 bits per heavy atom. The van der Waals surface area contributed by atoms with Crippen LogP contribution in [0.2, 0.25) is 0 Å². The smallest absolute Gasteiger partial charge is 0.252 e. The Labute approximate surface area is 119 Å². The Morgan fingerprint density at radius 1 is 1.30 bits per heavy atom. The molecule has 0 heterocycles. The van der Waals surface area contributed by atoms with Crippen molar-refractivity contribution in [3.8, 4) is 0 Å². The van der Waals surface area contributed by atoms with Gasteiger partial charge in [0.25, 0.3) is 5.91 Å². The minimum Gasteiger partial charge on any atom is -0.354 e. The molecule has 2 amide bonds. The molecule has 1 rings (SSSR count). The van der Waals surface area contributed by atoms with Crippen LogP contribution in [-0.2, 0) is 11.2 Å². The molecule has 0 bridgehead atoms. The first-order valence-electron chi connectivity index (χ1n) is 6.96. The van der Waals surface area contributed by atoms with E-state index in [2.05, 4.69) is 10.6 Å². The molecule has 0 saturated heterocycles. The standard InChI is InChI=1S/C15H23N3O2/c1-3-10-17-14(19)11(2)18-15(20)13-7-5-4-6-12(13)8-9-16/h4-7,11H,3,8-10,16H2,1-2H3,(H,17,19)(H,18,20). The van der Waals surface area contributed by atoms with Crippen LogP contribution in [0, 0.1) is 0 Å². The van der Waals surface area contributed by atoms with E-state index in [1.54, 1.807) is 19.1 Å². The van der Waals surface area contributed by atoms with Crippen molar-refractivity contribution in [3.05, 3.63) is 35.4 Å². The van der Waals surface area contributed by atoms with E-state index >= 15 is 0 Å². The molecule has 1 atom stereocenters. The zero-order valence-corrected chi connectivity index (χ0v) is 12.1. The average Bonchev–Trinajstić information content (AvgIpc) is 2.45. The van der Waals surface area contributed by atoms with Crippen LogP contribution in [0.25, 0.3) is 0 Å². The summed E-state index contributed by atoms with van der Waals surface area (Å²) < 4.78 is 0. The Balaban J connectivity index is 2.68. The van der Waals surface area contributed by atoms with Crippen LogP contribution in [0.5, 0.6) is 0 Å². The van der Waals surface area contributed by atoms with Gasteiger partial charge in [-0.25, -0.2) is 0 Å². The van der Waals surface area contributed by atoms with Gasteiger partial charge >= 0.3 is 0 Å². The summed E-state index contributed by atoms with van der Waals surface area (Å²) >= 11 is 0. The van der Waals surface area contributed by atoms with Crippen LogP contribution < -0.4 is 16.4 Å². The van der Waals surface area contributed by atoms with Crippen LogP contribution in [0.15, 0.2) is 24.3 Å². The van der Waals surface area contributed by atoms with Gasteiger partial charge in [-0.15, -0.1) is 0 Å². The predicted molar refractivity (Wildman–Crippen MR) is 79.4 cm³/mol. The Kier molecular flexibility index (Phi) is 6.73. The highest BCUT2D eigenvalue weighted by Crippen LogP contribution is 2.09. The molecule has 1 unspecified atom stereocenters. The summed E-state index contributed by atoms with van der Waals surface area (Å²) in [7, 11) is 0. The fourth-order valence-corrected chi connectivity index (χ4v) is 1.86. The number of carbonyl (C=O) groups is 2. The predicted octanol–water partition coefficient (Wildman–Crippen LogP) is 0.832. The highest BCUT2D eigenvalue weighted by molar-refractivity contribution is 5.98. The number of hydrogen-bond donors (Lipinski definition) is 3. The normalized spacial score (nSPS) is 11.8. The Bertz CT molecular complexity index is 460. The average molecular weight is 277 g/mol. The second-order valence-electron chi connectivity index (χ2n) is 4.68. The molecule has 20 heavy (non-hydrogen) atoms. The van der Waals surface area contributed by atoms with Crippen molar-refractivity contribution in [2.75, 3.05) is 13.1 Å². The van der Waals surface area contributed by atoms with Gasteiger partial charge in [0.1, 0.15) is 6.04 Å². The van der Waals surface area contributed by atoms with Crippen molar-refractivity contribution in [2.45, 2.75) is 32.7 Å². The van der Waals surface area contributed by atoms with Gasteiger partial charge in [-0.2, -0.15) is 0 Å². The maximum atomic E-state index is 12.2. The molecular formula is C15H23N3O2. The molecule has 5 nitrogen and oxygen atoms in total. The molecule has 5 heteroatoms. The van der Waals surface area contributed by atoms with Crippen molar-refractivity contribution in [1.82, 2.24) is 10.6 Å². The van der Waals surface area contributed by atoms with Crippen LogP contribution in [0.3, 0.4) is 0 Å². The molecule has 0 radical (unpaired) electrons. The molecule has 0 saturated carbocycles. The SMILES string of the molecule is CCCNC(=O)C(C)NC(=O)c1ccccc1CCN. The van der Waals surface area contributed by atoms with E-state index in [-0.39, 0.29) is 11.8 Å². The lowest BCUT2D eigenvalue weighted by atomic mass is 10.0. The van der Waals surface area contributed by atoms with Gasteiger partial charge in [0.15, 0.2) is 0 Å². The second kappa shape index (κ2) is 8.32. The summed E-state index contributed by atoms with van der Waals surface area (Å²) in [5, 5.41) is 5.47. The molecule has 0 aromatic heterocycles. The number of rotatable bonds is 7. The van der Waals surface area contributed by atoms with E-state index < -0.39 is 6.04 Å². The highest BCUT2D eigenvalue weighted by Gasteiger charge is 2.17. The van der Waals surface area contributed by atoms with Gasteiger partial charge in [-0.1, -0.05) is 25.1 Å². The van der Waals surface area contributed by atoms with Crippen LogP contribution >= 0.6 is 0 Å². The lowest BCUT2D eigenvalue weighted by Gasteiger charge is -2.15. The first-order valence-corrected chi connectivity index (χ1v) is 6.96. The molecule has 0 aliphatic heterocycles. The Morgan fingerprint density at radius 3 is 2.65 bits per heavy atom. The minimum absolute atomic E-state index is 0.170. The summed E-state index contributed by atoms with van der Waals surface area (Å²) in [5.74, 6) is -0.412. The van der Waals surface area contributed by atoms with Crippen molar-refractivity contribution >= 4 is 11.8 Å². The second-order valence-corrected chi connectivity index (χ2v) is 4.68. The van der Waals surface area contributed by atoms with E-state index in [1.807, 2.05) is 19.1 Å². The number of benzene rings is 1. The van der Waals surface area contributed by atoms with Gasteiger partial charge in [-0.05, 0) is 37.9 Å². The molecule has 110 valence electrons. The van der Waals surface area contributed by atoms with Gasteiger partial charge in [0.2, 0.25) is 5.91 Å². The molecule has 0 aliphatic carbocycles. The van der Waals surface area contributed by atoms with Gasteiger partial charge in [0.05, 0.1) is 0 Å². The molecule has 0 aliphatic rings. The highest BCUT2D eigenvalue weighted by atomic mass is 16.2. The Hall–Kier alpha value is -1.88. The van der Waals surface area contributed by atoms with Crippen molar-refractivity contribution < 1.29 is 9.59 Å². The minimum atomic E-state index is -0.556. The maximum Gasteiger partial charge on any atom is 0.252 e. The number of nitrogens with one attached hydrogen (secondary N) is 2. The van der Waals surface area contributed by atoms with E-state index in [4.69, 9.17) is 5.73 Å². The monoisotopic (exact) mass is 277 g/mol. The zero-order chi connectivity index (χ0) is 15.0. The van der Waals surface area contributed by atoms with Gasteiger partial charge in [0, 0.05) is 12.1 Å². The number of amides is 2. The fraction of sp³-hybridized carbons (Fsp3) is 0.467. The van der Waals surface area contributed by atoms with Crippen molar-refractivity contribution in [1.29, 1.82) is 0 Å². The molecular weight excluding hydrogens is 254 g/mol. The molecule has 1 aromatic carbocycles. The van der Waals surface area contributed by atoms with Crippen molar-refractivity contribution in [2.24, 2.45) is 5.73 Å². The maximum absolute atomic E-state index is 12.2. The molecule has 0 fully saturated rings. The van der Waals surface area contributed by atoms with Crippen LogP contribution in [-0.4, -0.2) is 30.9 Å². The third kappa shape index (κ3) is 4.66. The third-order valence-electron chi connectivity index (χ3n) is 2.97. The first kappa shape index (κ1) is 16.2. The molecule has 4 N–H and O–H groups in total. The van der Waals surface area contributed by atoms with E-state index in [0.717, 1.165) is 12.0 Å². The van der Waals surface area contributed by atoms with Crippen LogP contribution in [0.4, 0.5) is 0 Å². The summed E-state index contributed by atoms with van der Waals surface area (Å²) in [4.78, 5) is 23.9. The fourth-order valence-electron chi connectivity index (χ4n) is 1.86. The third-order valence-corrected chi connectivity index (χ3v) is 2.97. The quantitative estimate of drug-likeness (QED) is 0.690. The van der Waals surface area contributed by atoms with E-state index in [9.17, 15) is 9.59 Å². The zero-order valence-electron chi connectivity index (χ0n) is 12.1. The lowest BCUT2D eigenvalue weighted by Crippen LogP contribution is -2.45. The first-order chi connectivity index (χ1) is 9.60. The largest absolute Gasteiger partial charge is 0.354 e. The van der Waals surface area contributed by atoms with Gasteiger partial charge < -0.3 is 16.4 Å². The summed E-state index contributed by atoms with van der Waals surface area (Å²) in [6.07, 6.45) is 1.51. The summed E-state index contributed by atoms with van der Waals surface area (Å²) in [5.41, 5.74) is 7.01. The number of nitrogens with two attached hydrogens (primary N) is 1. The van der Waals surface area contributed by atoms with E-state index in [1.165, 1.54) is 0 Å². The summed E-state index contributed by atoms with van der Waals surface area (Å²) in [6.45, 7) is 4.75. The lowest BCUT2D eigenvalue weighted by molar-refractivity contribution is -0.122. The van der Waals surface area contributed by atoms with Crippen molar-refractivity contribution in [3.63, 3.8) is 0 Å². The molecule has 1 aromatic rings. The number of hydrogen-bond acceptors (Lipinski definition) is 3. The van der Waals surface area contributed by atoms with Gasteiger partial charge in [-0.3, -0.25) is 9.59 Å².